The van der Waals surface area contributed by atoms with Gasteiger partial charge in [0.05, 0.1) is 37.4 Å². The standard InChI is InChI=1S/C19H28N8O2/c1-14-3-4-15(20)16(11-14)26-22-12-17-23-18(13-29-8-5-21-2)25-19(24-17)27-6-9-28-10-7-27/h3-4,11-12,21,26H,5-10,13,20H2,1-2H3/b22-12+. The van der Waals surface area contributed by atoms with E-state index in [0.29, 0.717) is 49.7 Å². The van der Waals surface area contributed by atoms with Gasteiger partial charge in [-0.3, -0.25) is 5.43 Å². The molecular formula is C19H28N8O2. The fourth-order valence-corrected chi connectivity index (χ4v) is 2.72. The molecule has 1 aromatic carbocycles. The Balaban J connectivity index is 1.75. The summed E-state index contributed by atoms with van der Waals surface area (Å²) in [7, 11) is 1.88. The molecule has 1 fully saturated rings. The van der Waals surface area contributed by atoms with Crippen molar-refractivity contribution in [1.29, 1.82) is 0 Å². The third-order valence-corrected chi connectivity index (χ3v) is 4.28. The summed E-state index contributed by atoms with van der Waals surface area (Å²) < 4.78 is 11.0. The number of morpholine rings is 1. The number of aryl methyl sites for hydroxylation is 1. The average molecular weight is 400 g/mol. The summed E-state index contributed by atoms with van der Waals surface area (Å²) in [5.74, 6) is 1.62. The smallest absolute Gasteiger partial charge is 0.229 e. The van der Waals surface area contributed by atoms with Gasteiger partial charge in [-0.2, -0.15) is 15.1 Å². The van der Waals surface area contributed by atoms with Crippen LogP contribution in [0.15, 0.2) is 23.3 Å². The van der Waals surface area contributed by atoms with Gasteiger partial charge >= 0.3 is 0 Å². The summed E-state index contributed by atoms with van der Waals surface area (Å²) in [6, 6.07) is 5.72. The number of hydrazone groups is 1. The van der Waals surface area contributed by atoms with Crippen LogP contribution < -0.4 is 21.4 Å². The molecule has 29 heavy (non-hydrogen) atoms. The highest BCUT2D eigenvalue weighted by Crippen LogP contribution is 2.19. The monoisotopic (exact) mass is 400 g/mol. The van der Waals surface area contributed by atoms with Crippen molar-refractivity contribution in [2.24, 2.45) is 5.10 Å². The molecule has 1 aliphatic rings. The SMILES string of the molecule is CNCCOCc1nc(/C=N/Nc2cc(C)ccc2N)nc(N2CCOCC2)n1. The average Bonchev–Trinajstić information content (AvgIpc) is 2.74. The first-order valence-corrected chi connectivity index (χ1v) is 9.61. The molecule has 0 atom stereocenters. The molecule has 10 heteroatoms. The second-order valence-corrected chi connectivity index (χ2v) is 6.63. The summed E-state index contributed by atoms with van der Waals surface area (Å²) in [4.78, 5) is 15.6. The molecule has 0 radical (unpaired) electrons. The maximum absolute atomic E-state index is 5.98. The minimum atomic E-state index is 0.306. The molecule has 0 amide bonds. The molecule has 0 spiro atoms. The van der Waals surface area contributed by atoms with Gasteiger partial charge in [0, 0.05) is 19.6 Å². The number of nitrogens with one attached hydrogen (secondary N) is 2. The van der Waals surface area contributed by atoms with Crippen LogP contribution in [-0.4, -0.2) is 67.7 Å². The molecule has 0 unspecified atom stereocenters. The maximum Gasteiger partial charge on any atom is 0.229 e. The number of ether oxygens (including phenoxy) is 2. The number of hydrogen-bond donors (Lipinski definition) is 3. The van der Waals surface area contributed by atoms with Crippen LogP contribution in [0.2, 0.25) is 0 Å². The lowest BCUT2D eigenvalue weighted by Crippen LogP contribution is -2.37. The number of aromatic nitrogens is 3. The predicted molar refractivity (Wildman–Crippen MR) is 113 cm³/mol. The van der Waals surface area contributed by atoms with Crippen molar-refractivity contribution in [2.75, 3.05) is 62.6 Å². The highest BCUT2D eigenvalue weighted by Gasteiger charge is 2.16. The Morgan fingerprint density at radius 1 is 1.28 bits per heavy atom. The van der Waals surface area contributed by atoms with E-state index >= 15 is 0 Å². The Hall–Kier alpha value is -2.82. The van der Waals surface area contributed by atoms with E-state index in [-0.39, 0.29) is 0 Å². The Morgan fingerprint density at radius 3 is 2.90 bits per heavy atom. The van der Waals surface area contributed by atoms with Crippen LogP contribution in [-0.2, 0) is 16.1 Å². The molecule has 1 saturated heterocycles. The third kappa shape index (κ3) is 6.34. The van der Waals surface area contributed by atoms with E-state index in [1.807, 2.05) is 32.2 Å². The van der Waals surface area contributed by atoms with Crippen molar-refractivity contribution in [3.05, 3.63) is 35.4 Å². The molecule has 0 aliphatic carbocycles. The van der Waals surface area contributed by atoms with Crippen LogP contribution in [0.3, 0.4) is 0 Å². The molecule has 1 aliphatic heterocycles. The molecule has 10 nitrogen and oxygen atoms in total. The number of nitrogens with two attached hydrogens (primary N) is 1. The normalized spacial score (nSPS) is 14.5. The number of likely N-dealkylation sites (N-methyl/N-ethyl adjacent to an activating group) is 1. The lowest BCUT2D eigenvalue weighted by atomic mass is 10.2. The van der Waals surface area contributed by atoms with Gasteiger partial charge in [0.1, 0.15) is 6.61 Å². The van der Waals surface area contributed by atoms with Crippen LogP contribution in [0, 0.1) is 6.92 Å². The predicted octanol–water partition coefficient (Wildman–Crippen LogP) is 0.781. The van der Waals surface area contributed by atoms with Crippen molar-refractivity contribution < 1.29 is 9.47 Å². The number of hydrogen-bond acceptors (Lipinski definition) is 10. The maximum atomic E-state index is 5.98. The highest BCUT2D eigenvalue weighted by molar-refractivity contribution is 5.77. The summed E-state index contributed by atoms with van der Waals surface area (Å²) >= 11 is 0. The van der Waals surface area contributed by atoms with E-state index in [0.717, 1.165) is 30.9 Å². The first kappa shape index (κ1) is 20.9. The molecule has 0 saturated carbocycles. The third-order valence-electron chi connectivity index (χ3n) is 4.28. The Labute approximate surface area is 170 Å². The van der Waals surface area contributed by atoms with Gasteiger partial charge in [0.15, 0.2) is 11.6 Å². The van der Waals surface area contributed by atoms with Crippen LogP contribution >= 0.6 is 0 Å². The van der Waals surface area contributed by atoms with E-state index in [4.69, 9.17) is 15.2 Å². The zero-order valence-corrected chi connectivity index (χ0v) is 16.9. The summed E-state index contributed by atoms with van der Waals surface area (Å²) in [5, 5.41) is 7.29. The quantitative estimate of drug-likeness (QED) is 0.242. The minimum Gasteiger partial charge on any atom is -0.397 e. The zero-order valence-electron chi connectivity index (χ0n) is 16.9. The van der Waals surface area contributed by atoms with Crippen molar-refractivity contribution in [3.8, 4) is 0 Å². The van der Waals surface area contributed by atoms with Crippen LogP contribution in [0.4, 0.5) is 17.3 Å². The lowest BCUT2D eigenvalue weighted by Gasteiger charge is -2.26. The molecule has 2 heterocycles. The van der Waals surface area contributed by atoms with Crippen LogP contribution in [0.25, 0.3) is 0 Å². The minimum absolute atomic E-state index is 0.306. The largest absolute Gasteiger partial charge is 0.397 e. The fraction of sp³-hybridized carbons (Fsp3) is 0.474. The van der Waals surface area contributed by atoms with E-state index in [1.54, 1.807) is 6.21 Å². The summed E-state index contributed by atoms with van der Waals surface area (Å²) in [5.41, 5.74) is 11.4. The van der Waals surface area contributed by atoms with E-state index in [1.165, 1.54) is 0 Å². The Morgan fingerprint density at radius 2 is 2.10 bits per heavy atom. The van der Waals surface area contributed by atoms with Gasteiger partial charge in [-0.05, 0) is 31.7 Å². The number of anilines is 3. The van der Waals surface area contributed by atoms with Crippen LogP contribution in [0.1, 0.15) is 17.2 Å². The van der Waals surface area contributed by atoms with Gasteiger partial charge in [-0.15, -0.1) is 0 Å². The van der Waals surface area contributed by atoms with Gasteiger partial charge in [0.2, 0.25) is 5.95 Å². The second kappa shape index (κ2) is 10.6. The Kier molecular flexibility index (Phi) is 7.68. The Bertz CT molecular complexity index is 824. The molecular weight excluding hydrogens is 372 g/mol. The van der Waals surface area contributed by atoms with Crippen molar-refractivity contribution in [1.82, 2.24) is 20.3 Å². The van der Waals surface area contributed by atoms with Crippen molar-refractivity contribution >= 4 is 23.5 Å². The number of rotatable bonds is 9. The summed E-state index contributed by atoms with van der Waals surface area (Å²) in [6.07, 6.45) is 1.56. The fourth-order valence-electron chi connectivity index (χ4n) is 2.72. The zero-order chi connectivity index (χ0) is 20.5. The van der Waals surface area contributed by atoms with Crippen molar-refractivity contribution in [3.63, 3.8) is 0 Å². The molecule has 156 valence electrons. The molecule has 4 N–H and O–H groups in total. The second-order valence-electron chi connectivity index (χ2n) is 6.63. The van der Waals surface area contributed by atoms with Gasteiger partial charge in [-0.1, -0.05) is 6.07 Å². The number of nitrogen functional groups attached to an aromatic ring is 1. The topological polar surface area (TPSA) is 123 Å². The van der Waals surface area contributed by atoms with Gasteiger partial charge in [0.25, 0.3) is 0 Å². The first-order valence-electron chi connectivity index (χ1n) is 9.61. The van der Waals surface area contributed by atoms with E-state index < -0.39 is 0 Å². The molecule has 1 aromatic heterocycles. The van der Waals surface area contributed by atoms with E-state index in [2.05, 4.69) is 35.7 Å². The van der Waals surface area contributed by atoms with Crippen molar-refractivity contribution in [2.45, 2.75) is 13.5 Å². The van der Waals surface area contributed by atoms with Gasteiger partial charge < -0.3 is 25.4 Å². The lowest BCUT2D eigenvalue weighted by molar-refractivity contribution is 0.117. The summed E-state index contributed by atoms with van der Waals surface area (Å²) in [6.45, 7) is 6.41. The highest BCUT2D eigenvalue weighted by atomic mass is 16.5. The molecule has 2 aromatic rings. The van der Waals surface area contributed by atoms with Gasteiger partial charge in [-0.25, -0.2) is 4.98 Å². The molecule has 3 rings (SSSR count). The number of benzene rings is 1. The first-order chi connectivity index (χ1) is 14.2. The van der Waals surface area contributed by atoms with E-state index in [9.17, 15) is 0 Å². The van der Waals surface area contributed by atoms with Crippen LogP contribution in [0.5, 0.6) is 0 Å². The molecule has 0 bridgehead atoms. The number of nitrogens with zero attached hydrogens (tertiary/aromatic N) is 5.